The summed E-state index contributed by atoms with van der Waals surface area (Å²) < 4.78 is 22.2. The Hall–Kier alpha value is -3.47. The molecule has 190 valence electrons. The number of anilines is 2. The first-order chi connectivity index (χ1) is 17.2. The molecule has 1 aliphatic rings. The van der Waals surface area contributed by atoms with E-state index in [1.807, 2.05) is 19.0 Å². The summed E-state index contributed by atoms with van der Waals surface area (Å²) in [6.45, 7) is 0.814. The molecule has 3 amide bonds. The molecule has 11 heteroatoms. The van der Waals surface area contributed by atoms with E-state index in [0.29, 0.717) is 29.4 Å². The highest BCUT2D eigenvalue weighted by Gasteiger charge is 2.40. The van der Waals surface area contributed by atoms with Gasteiger partial charge in [0.15, 0.2) is 0 Å². The summed E-state index contributed by atoms with van der Waals surface area (Å²) >= 11 is 5.90. The zero-order chi connectivity index (χ0) is 25.8. The molecule has 0 spiro atoms. The van der Waals surface area contributed by atoms with Crippen molar-refractivity contribution < 1.29 is 18.7 Å². The van der Waals surface area contributed by atoms with Crippen LogP contribution in [0.4, 0.5) is 20.6 Å². The van der Waals surface area contributed by atoms with Crippen LogP contribution in [0.25, 0.3) is 5.69 Å². The Kier molecular flexibility index (Phi) is 7.88. The van der Waals surface area contributed by atoms with Gasteiger partial charge in [0.05, 0.1) is 18.3 Å². The van der Waals surface area contributed by atoms with Gasteiger partial charge >= 0.3 is 6.03 Å². The van der Waals surface area contributed by atoms with Crippen LogP contribution < -0.4 is 10.6 Å². The maximum atomic E-state index is 15.0. The summed E-state index contributed by atoms with van der Waals surface area (Å²) in [4.78, 5) is 33.8. The van der Waals surface area contributed by atoms with E-state index in [1.54, 1.807) is 47.3 Å². The highest BCUT2D eigenvalue weighted by Crippen LogP contribution is 2.25. The molecule has 0 unspecified atom stereocenters. The van der Waals surface area contributed by atoms with Gasteiger partial charge in [0.1, 0.15) is 17.7 Å². The van der Waals surface area contributed by atoms with E-state index in [2.05, 4.69) is 15.6 Å². The van der Waals surface area contributed by atoms with Crippen LogP contribution in [0, 0.1) is 5.82 Å². The molecule has 9 nitrogen and oxygen atoms in total. The van der Waals surface area contributed by atoms with Crippen molar-refractivity contribution in [1.82, 2.24) is 19.4 Å². The number of rotatable bonds is 7. The molecule has 0 saturated carbocycles. The number of urea groups is 1. The molecule has 0 aliphatic carbocycles. The van der Waals surface area contributed by atoms with E-state index in [4.69, 9.17) is 16.3 Å². The fourth-order valence-corrected chi connectivity index (χ4v) is 4.24. The average molecular weight is 515 g/mol. The SMILES string of the molecule is CO[C@@H]1C[C@H](C(=O)Nc2ccc(-n3ccnc3CN(C)C)cc2F)N(C(=O)Nc2ccc(Cl)cc2)C1. The molecule has 1 saturated heterocycles. The summed E-state index contributed by atoms with van der Waals surface area (Å²) in [6.07, 6.45) is 3.38. The Morgan fingerprint density at radius 3 is 2.61 bits per heavy atom. The van der Waals surface area contributed by atoms with Crippen molar-refractivity contribution in [1.29, 1.82) is 0 Å². The zero-order valence-electron chi connectivity index (χ0n) is 20.2. The molecule has 1 aromatic heterocycles. The Bertz CT molecular complexity index is 1230. The third-order valence-corrected chi connectivity index (χ3v) is 6.17. The molecule has 2 aromatic carbocycles. The summed E-state index contributed by atoms with van der Waals surface area (Å²) in [6, 6.07) is 9.91. The van der Waals surface area contributed by atoms with E-state index < -0.39 is 23.8 Å². The highest BCUT2D eigenvalue weighted by molar-refractivity contribution is 6.30. The Balaban J connectivity index is 1.48. The fraction of sp³-hybridized carbons (Fsp3) is 0.320. The van der Waals surface area contributed by atoms with E-state index in [0.717, 1.165) is 5.82 Å². The minimum Gasteiger partial charge on any atom is -0.380 e. The van der Waals surface area contributed by atoms with Gasteiger partial charge in [-0.1, -0.05) is 11.6 Å². The maximum Gasteiger partial charge on any atom is 0.322 e. The van der Waals surface area contributed by atoms with Crippen molar-refractivity contribution in [2.24, 2.45) is 0 Å². The van der Waals surface area contributed by atoms with Crippen LogP contribution in [0.5, 0.6) is 0 Å². The quantitative estimate of drug-likeness (QED) is 0.497. The standard InChI is InChI=1S/C25H28ClFN6O3/c1-31(2)15-23-28-10-11-32(23)18-8-9-21(20(27)12-18)30-24(34)22-13-19(36-3)14-33(22)25(35)29-17-6-4-16(26)5-7-17/h4-12,19,22H,13-15H2,1-3H3,(H,29,35)(H,30,34)/t19-,22-/m1/s1. The number of likely N-dealkylation sites (tertiary alicyclic amines) is 1. The number of hydrogen-bond donors (Lipinski definition) is 2. The number of halogens is 2. The first-order valence-corrected chi connectivity index (χ1v) is 11.8. The predicted octanol–water partition coefficient (Wildman–Crippen LogP) is 3.99. The van der Waals surface area contributed by atoms with E-state index in [-0.39, 0.29) is 18.3 Å². The molecule has 1 fully saturated rings. The van der Waals surface area contributed by atoms with Crippen LogP contribution >= 0.6 is 11.6 Å². The van der Waals surface area contributed by atoms with Crippen molar-refractivity contribution in [2.75, 3.05) is 38.4 Å². The monoisotopic (exact) mass is 514 g/mol. The fourth-order valence-electron chi connectivity index (χ4n) is 4.11. The number of hydrogen-bond acceptors (Lipinski definition) is 5. The number of methoxy groups -OCH3 is 1. The number of nitrogens with zero attached hydrogens (tertiary/aromatic N) is 4. The Labute approximate surface area is 213 Å². The summed E-state index contributed by atoms with van der Waals surface area (Å²) in [5.74, 6) is -0.331. The lowest BCUT2D eigenvalue weighted by atomic mass is 10.1. The van der Waals surface area contributed by atoms with Crippen molar-refractivity contribution >= 4 is 34.9 Å². The molecule has 2 atom stereocenters. The lowest BCUT2D eigenvalue weighted by molar-refractivity contribution is -0.119. The van der Waals surface area contributed by atoms with Crippen LogP contribution in [-0.4, -0.2) is 71.2 Å². The molecule has 2 N–H and O–H groups in total. The number of ether oxygens (including phenoxy) is 1. The minimum atomic E-state index is -0.832. The molecule has 0 radical (unpaired) electrons. The maximum absolute atomic E-state index is 15.0. The van der Waals surface area contributed by atoms with Crippen LogP contribution in [0.15, 0.2) is 54.9 Å². The van der Waals surface area contributed by atoms with Gasteiger partial charge in [-0.15, -0.1) is 0 Å². The molecular weight excluding hydrogens is 487 g/mol. The number of benzene rings is 2. The van der Waals surface area contributed by atoms with Crippen LogP contribution in [0.1, 0.15) is 12.2 Å². The molecule has 1 aliphatic heterocycles. The van der Waals surface area contributed by atoms with Gasteiger partial charge in [0.25, 0.3) is 0 Å². The van der Waals surface area contributed by atoms with Crippen LogP contribution in [0.2, 0.25) is 5.02 Å². The molecule has 3 aromatic rings. The van der Waals surface area contributed by atoms with Crippen LogP contribution in [-0.2, 0) is 16.1 Å². The van der Waals surface area contributed by atoms with Crippen molar-refractivity contribution in [3.05, 3.63) is 71.5 Å². The summed E-state index contributed by atoms with van der Waals surface area (Å²) in [5.41, 5.74) is 1.15. The molecular formula is C25H28ClFN6O3. The molecule has 2 heterocycles. The normalized spacial score (nSPS) is 17.4. The van der Waals surface area contributed by atoms with E-state index in [1.165, 1.54) is 24.1 Å². The molecule has 0 bridgehead atoms. The summed E-state index contributed by atoms with van der Waals surface area (Å²) in [7, 11) is 5.38. The van der Waals surface area contributed by atoms with Gasteiger partial charge in [0.2, 0.25) is 5.91 Å². The van der Waals surface area contributed by atoms with Crippen molar-refractivity contribution in [3.8, 4) is 5.69 Å². The second-order valence-electron chi connectivity index (χ2n) is 8.80. The zero-order valence-corrected chi connectivity index (χ0v) is 21.0. The smallest absolute Gasteiger partial charge is 0.322 e. The van der Waals surface area contributed by atoms with Gasteiger partial charge in [0, 0.05) is 54.9 Å². The minimum absolute atomic E-state index is 0.0250. The first-order valence-electron chi connectivity index (χ1n) is 11.4. The number of carbonyl (C=O) groups is 2. The Morgan fingerprint density at radius 2 is 1.94 bits per heavy atom. The average Bonchev–Trinajstić information content (AvgIpc) is 3.48. The number of nitrogens with one attached hydrogen (secondary N) is 2. The third-order valence-electron chi connectivity index (χ3n) is 5.92. The number of aromatic nitrogens is 2. The van der Waals surface area contributed by atoms with Gasteiger partial charge in [-0.2, -0.15) is 0 Å². The number of carbonyl (C=O) groups excluding carboxylic acids is 2. The van der Waals surface area contributed by atoms with E-state index >= 15 is 4.39 Å². The van der Waals surface area contributed by atoms with Gasteiger partial charge in [-0.3, -0.25) is 4.79 Å². The number of imidazole rings is 1. The molecule has 36 heavy (non-hydrogen) atoms. The van der Waals surface area contributed by atoms with Crippen LogP contribution in [0.3, 0.4) is 0 Å². The highest BCUT2D eigenvalue weighted by atomic mass is 35.5. The second-order valence-corrected chi connectivity index (χ2v) is 9.24. The number of amides is 3. The third kappa shape index (κ3) is 5.84. The topological polar surface area (TPSA) is 91.7 Å². The lowest BCUT2D eigenvalue weighted by Crippen LogP contribution is -2.45. The van der Waals surface area contributed by atoms with Crippen molar-refractivity contribution in [3.63, 3.8) is 0 Å². The first kappa shape index (κ1) is 25.6. The van der Waals surface area contributed by atoms with E-state index in [9.17, 15) is 9.59 Å². The predicted molar refractivity (Wildman–Crippen MR) is 136 cm³/mol. The van der Waals surface area contributed by atoms with Crippen molar-refractivity contribution in [2.45, 2.75) is 25.1 Å². The van der Waals surface area contributed by atoms with Gasteiger partial charge < -0.3 is 29.7 Å². The summed E-state index contributed by atoms with van der Waals surface area (Å²) in [5, 5.41) is 5.94. The Morgan fingerprint density at radius 1 is 1.19 bits per heavy atom. The van der Waals surface area contributed by atoms with Gasteiger partial charge in [-0.25, -0.2) is 14.2 Å². The lowest BCUT2D eigenvalue weighted by Gasteiger charge is -2.24. The molecule has 4 rings (SSSR count). The second kappa shape index (κ2) is 11.1. The van der Waals surface area contributed by atoms with Gasteiger partial charge in [-0.05, 0) is 50.5 Å². The largest absolute Gasteiger partial charge is 0.380 e.